The van der Waals surface area contributed by atoms with Crippen LogP contribution in [-0.4, -0.2) is 44.0 Å². The molecule has 0 aromatic heterocycles. The number of ether oxygens (including phenoxy) is 1. The third-order valence-corrected chi connectivity index (χ3v) is 3.75. The van der Waals surface area contributed by atoms with Crippen LogP contribution in [0.3, 0.4) is 0 Å². The largest absolute Gasteiger partial charge is 0.396 e. The van der Waals surface area contributed by atoms with Crippen LogP contribution in [0.25, 0.3) is 0 Å². The van der Waals surface area contributed by atoms with Crippen molar-refractivity contribution in [3.63, 3.8) is 0 Å². The second kappa shape index (κ2) is 11.6. The number of aliphatic imine (C=N–C) groups is 1. The van der Waals surface area contributed by atoms with Gasteiger partial charge in [0, 0.05) is 25.2 Å². The summed E-state index contributed by atoms with van der Waals surface area (Å²) in [5, 5.41) is 12.3. The standard InChI is InChI=1S/C14H29N3O2.HI/c1-2-3-4-5-8-16-13(15)17-11-14(6-9-18)7-10-19-12-14;/h18H,2-12H2,1H3,(H3,15,16,17);1H. The highest BCUT2D eigenvalue weighted by molar-refractivity contribution is 14.0. The lowest BCUT2D eigenvalue weighted by molar-refractivity contribution is 0.131. The molecule has 120 valence electrons. The Morgan fingerprint density at radius 3 is 2.80 bits per heavy atom. The third-order valence-electron chi connectivity index (χ3n) is 3.75. The highest BCUT2D eigenvalue weighted by atomic mass is 127. The van der Waals surface area contributed by atoms with Gasteiger partial charge in [-0.15, -0.1) is 24.0 Å². The minimum atomic E-state index is -0.0107. The fourth-order valence-corrected chi connectivity index (χ4v) is 2.36. The van der Waals surface area contributed by atoms with Crippen LogP contribution in [0, 0.1) is 5.41 Å². The molecule has 0 aliphatic carbocycles. The van der Waals surface area contributed by atoms with E-state index in [0.29, 0.717) is 19.1 Å². The molecule has 1 aliphatic heterocycles. The number of guanidine groups is 1. The monoisotopic (exact) mass is 399 g/mol. The number of aliphatic hydroxyl groups excluding tert-OH is 1. The first-order chi connectivity index (χ1) is 9.22. The number of hydrogen-bond acceptors (Lipinski definition) is 3. The van der Waals surface area contributed by atoms with E-state index in [1.54, 1.807) is 0 Å². The van der Waals surface area contributed by atoms with Crippen LogP contribution in [0.1, 0.15) is 45.4 Å². The Balaban J connectivity index is 0.00000361. The van der Waals surface area contributed by atoms with Crippen molar-refractivity contribution in [2.75, 3.05) is 32.9 Å². The fourth-order valence-electron chi connectivity index (χ4n) is 2.36. The van der Waals surface area contributed by atoms with Gasteiger partial charge in [-0.3, -0.25) is 4.99 Å². The molecule has 0 amide bonds. The molecule has 0 saturated carbocycles. The van der Waals surface area contributed by atoms with Gasteiger partial charge in [-0.1, -0.05) is 26.2 Å². The van der Waals surface area contributed by atoms with Crippen molar-refractivity contribution in [1.82, 2.24) is 5.32 Å². The first-order valence-electron chi connectivity index (χ1n) is 7.45. The average molecular weight is 399 g/mol. The predicted molar refractivity (Wildman–Crippen MR) is 93.6 cm³/mol. The lowest BCUT2D eigenvalue weighted by atomic mass is 9.84. The zero-order valence-corrected chi connectivity index (χ0v) is 14.9. The summed E-state index contributed by atoms with van der Waals surface area (Å²) < 4.78 is 5.43. The number of nitrogens with zero attached hydrogens (tertiary/aromatic N) is 1. The van der Waals surface area contributed by atoms with Gasteiger partial charge in [-0.2, -0.15) is 0 Å². The van der Waals surface area contributed by atoms with E-state index in [0.717, 1.165) is 32.4 Å². The smallest absolute Gasteiger partial charge is 0.188 e. The molecular formula is C14H30IN3O2. The van der Waals surface area contributed by atoms with E-state index in [4.69, 9.17) is 15.6 Å². The summed E-state index contributed by atoms with van der Waals surface area (Å²) in [7, 11) is 0. The number of hydrogen-bond donors (Lipinski definition) is 3. The second-order valence-electron chi connectivity index (χ2n) is 5.47. The molecule has 1 saturated heterocycles. The van der Waals surface area contributed by atoms with E-state index in [1.807, 2.05) is 0 Å². The maximum absolute atomic E-state index is 9.13. The molecule has 5 nitrogen and oxygen atoms in total. The van der Waals surface area contributed by atoms with E-state index < -0.39 is 0 Å². The van der Waals surface area contributed by atoms with Gasteiger partial charge >= 0.3 is 0 Å². The number of aliphatic hydroxyl groups is 1. The Morgan fingerprint density at radius 2 is 2.20 bits per heavy atom. The van der Waals surface area contributed by atoms with Gasteiger partial charge in [0.1, 0.15) is 0 Å². The minimum absolute atomic E-state index is 0. The number of rotatable bonds is 9. The van der Waals surface area contributed by atoms with Gasteiger partial charge in [-0.05, 0) is 19.3 Å². The van der Waals surface area contributed by atoms with Crippen LogP contribution < -0.4 is 11.1 Å². The van der Waals surface area contributed by atoms with Crippen molar-refractivity contribution in [3.05, 3.63) is 0 Å². The number of halogens is 1. The molecule has 0 spiro atoms. The Kier molecular flexibility index (Phi) is 11.5. The highest BCUT2D eigenvalue weighted by Gasteiger charge is 2.34. The van der Waals surface area contributed by atoms with Gasteiger partial charge in [0.2, 0.25) is 0 Å². The predicted octanol–water partition coefficient (Wildman–Crippen LogP) is 1.88. The molecule has 1 unspecified atom stereocenters. The Hall–Kier alpha value is -0.0800. The van der Waals surface area contributed by atoms with E-state index in [1.165, 1.54) is 19.3 Å². The van der Waals surface area contributed by atoms with E-state index in [-0.39, 0.29) is 36.0 Å². The van der Waals surface area contributed by atoms with Gasteiger partial charge < -0.3 is 20.9 Å². The van der Waals surface area contributed by atoms with Crippen LogP contribution in [-0.2, 0) is 4.74 Å². The van der Waals surface area contributed by atoms with Gasteiger partial charge in [-0.25, -0.2) is 0 Å². The zero-order valence-electron chi connectivity index (χ0n) is 12.6. The molecular weight excluding hydrogens is 369 g/mol. The maximum Gasteiger partial charge on any atom is 0.188 e. The molecule has 20 heavy (non-hydrogen) atoms. The quantitative estimate of drug-likeness (QED) is 0.239. The normalized spacial score (nSPS) is 22.6. The van der Waals surface area contributed by atoms with Crippen LogP contribution in [0.4, 0.5) is 0 Å². The Morgan fingerprint density at radius 1 is 1.40 bits per heavy atom. The Labute approximate surface area is 139 Å². The SMILES string of the molecule is CCCCCCNC(N)=NCC1(CCO)CCOC1.I. The maximum atomic E-state index is 9.13. The van der Waals surface area contributed by atoms with E-state index in [2.05, 4.69) is 17.2 Å². The van der Waals surface area contributed by atoms with Gasteiger partial charge in [0.15, 0.2) is 5.96 Å². The van der Waals surface area contributed by atoms with Crippen molar-refractivity contribution >= 4 is 29.9 Å². The van der Waals surface area contributed by atoms with Crippen LogP contribution in [0.15, 0.2) is 4.99 Å². The summed E-state index contributed by atoms with van der Waals surface area (Å²) in [5.41, 5.74) is 5.85. The van der Waals surface area contributed by atoms with Crippen molar-refractivity contribution in [2.45, 2.75) is 45.4 Å². The van der Waals surface area contributed by atoms with Crippen molar-refractivity contribution in [1.29, 1.82) is 0 Å². The Bertz CT molecular complexity index is 269. The summed E-state index contributed by atoms with van der Waals surface area (Å²) >= 11 is 0. The van der Waals surface area contributed by atoms with Crippen molar-refractivity contribution < 1.29 is 9.84 Å². The van der Waals surface area contributed by atoms with E-state index >= 15 is 0 Å². The summed E-state index contributed by atoms with van der Waals surface area (Å²) in [6, 6.07) is 0. The molecule has 1 atom stereocenters. The molecule has 6 heteroatoms. The molecule has 1 fully saturated rings. The van der Waals surface area contributed by atoms with Gasteiger partial charge in [0.25, 0.3) is 0 Å². The fraction of sp³-hybridized carbons (Fsp3) is 0.929. The molecule has 1 rings (SSSR count). The molecule has 0 aromatic carbocycles. The van der Waals surface area contributed by atoms with Crippen molar-refractivity contribution in [2.24, 2.45) is 16.1 Å². The van der Waals surface area contributed by atoms with E-state index in [9.17, 15) is 0 Å². The van der Waals surface area contributed by atoms with Gasteiger partial charge in [0.05, 0.1) is 13.2 Å². The first kappa shape index (κ1) is 19.9. The molecule has 1 aliphatic rings. The minimum Gasteiger partial charge on any atom is -0.396 e. The van der Waals surface area contributed by atoms with Crippen molar-refractivity contribution in [3.8, 4) is 0 Å². The van der Waals surface area contributed by atoms with Crippen LogP contribution in [0.2, 0.25) is 0 Å². The highest BCUT2D eigenvalue weighted by Crippen LogP contribution is 2.32. The first-order valence-corrected chi connectivity index (χ1v) is 7.45. The summed E-state index contributed by atoms with van der Waals surface area (Å²) in [5.74, 6) is 0.515. The molecule has 0 aromatic rings. The topological polar surface area (TPSA) is 79.9 Å². The molecule has 0 bridgehead atoms. The summed E-state index contributed by atoms with van der Waals surface area (Å²) in [6.45, 7) is 5.36. The lowest BCUT2D eigenvalue weighted by Crippen LogP contribution is -2.35. The number of nitrogens with two attached hydrogens (primary N) is 1. The summed E-state index contributed by atoms with van der Waals surface area (Å²) in [4.78, 5) is 4.41. The van der Waals surface area contributed by atoms with Crippen LogP contribution in [0.5, 0.6) is 0 Å². The number of nitrogens with one attached hydrogen (secondary N) is 1. The van der Waals surface area contributed by atoms with Crippen LogP contribution >= 0.6 is 24.0 Å². The number of unbranched alkanes of at least 4 members (excludes halogenated alkanes) is 3. The average Bonchev–Trinajstić information content (AvgIpc) is 2.86. The molecule has 4 N–H and O–H groups in total. The third kappa shape index (κ3) is 7.64. The summed E-state index contributed by atoms with van der Waals surface area (Å²) in [6.07, 6.45) is 6.58. The lowest BCUT2D eigenvalue weighted by Gasteiger charge is -2.24. The molecule has 0 radical (unpaired) electrons. The zero-order chi connectivity index (χ0) is 14.0. The second-order valence-corrected chi connectivity index (χ2v) is 5.47. The molecule has 1 heterocycles.